The van der Waals surface area contributed by atoms with Crippen molar-refractivity contribution in [2.75, 3.05) is 22.7 Å². The molecule has 25 heavy (non-hydrogen) atoms. The number of nitrogens with one attached hydrogen (secondary N) is 3. The highest BCUT2D eigenvalue weighted by Crippen LogP contribution is 2.51. The fraction of sp³-hybridized carbons (Fsp3) is 0.125. The van der Waals surface area contributed by atoms with Gasteiger partial charge < -0.3 is 14.9 Å². The summed E-state index contributed by atoms with van der Waals surface area (Å²) >= 11 is 5.43. The lowest BCUT2D eigenvalue weighted by atomic mass is 10.0. The van der Waals surface area contributed by atoms with Crippen LogP contribution < -0.4 is 15.3 Å². The topological polar surface area (TPSA) is 96.5 Å². The third-order valence-electron chi connectivity index (χ3n) is 3.43. The average molecular weight is 380 g/mol. The van der Waals surface area contributed by atoms with Gasteiger partial charge in [-0.05, 0) is 18.2 Å². The molecule has 1 unspecified atom stereocenters. The van der Waals surface area contributed by atoms with Crippen molar-refractivity contribution in [2.24, 2.45) is 0 Å². The van der Waals surface area contributed by atoms with Crippen molar-refractivity contribution >= 4 is 42.4 Å². The average Bonchev–Trinajstić information content (AvgIpc) is 2.94. The van der Waals surface area contributed by atoms with E-state index in [1.807, 2.05) is 6.07 Å². The highest BCUT2D eigenvalue weighted by Gasteiger charge is 2.33. The zero-order valence-corrected chi connectivity index (χ0v) is 14.6. The van der Waals surface area contributed by atoms with E-state index in [4.69, 9.17) is 16.3 Å². The molecule has 1 heterocycles. The van der Waals surface area contributed by atoms with Gasteiger partial charge in [0.05, 0.1) is 17.3 Å². The molecule has 1 atom stereocenters. The number of benzene rings is 2. The number of alkyl halides is 1. The lowest BCUT2D eigenvalue weighted by Crippen LogP contribution is -2.26. The molecule has 0 bridgehead atoms. The van der Waals surface area contributed by atoms with Gasteiger partial charge in [0.1, 0.15) is 6.61 Å². The summed E-state index contributed by atoms with van der Waals surface area (Å²) in [7, 11) is -3.45. The lowest BCUT2D eigenvalue weighted by molar-refractivity contribution is 0.103. The quantitative estimate of drug-likeness (QED) is 0.415. The minimum atomic E-state index is -3.45. The molecular formula is C16H15ClN3O4P. The molecule has 2 aromatic carbocycles. The summed E-state index contributed by atoms with van der Waals surface area (Å²) in [6, 6.07) is 13.7. The van der Waals surface area contributed by atoms with Crippen LogP contribution in [-0.4, -0.2) is 24.4 Å². The maximum absolute atomic E-state index is 12.6. The number of carbonyl (C=O) groups is 2. The van der Waals surface area contributed by atoms with E-state index < -0.39 is 13.7 Å². The Hall–Kier alpha value is -2.50. The Bertz CT molecular complexity index is 860. The van der Waals surface area contributed by atoms with Crippen LogP contribution in [0.15, 0.2) is 48.5 Å². The Morgan fingerprint density at radius 2 is 1.76 bits per heavy atom. The van der Waals surface area contributed by atoms with E-state index in [9.17, 15) is 14.2 Å². The number of hydrogen-bond donors (Lipinski definition) is 3. The van der Waals surface area contributed by atoms with Crippen LogP contribution in [0, 0.1) is 0 Å². The molecule has 9 heteroatoms. The van der Waals surface area contributed by atoms with Gasteiger partial charge in [0, 0.05) is 11.1 Å². The van der Waals surface area contributed by atoms with E-state index in [1.165, 1.54) is 0 Å². The Morgan fingerprint density at radius 3 is 2.48 bits per heavy atom. The predicted molar refractivity (Wildman–Crippen MR) is 96.4 cm³/mol. The van der Waals surface area contributed by atoms with Crippen LogP contribution in [0.4, 0.5) is 16.2 Å². The monoisotopic (exact) mass is 379 g/mol. The van der Waals surface area contributed by atoms with Gasteiger partial charge in [0.2, 0.25) is 0 Å². The number of ether oxygens (including phenoxy) is 1. The van der Waals surface area contributed by atoms with Crippen molar-refractivity contribution in [1.82, 2.24) is 5.09 Å². The number of anilines is 2. The molecule has 0 saturated carbocycles. The molecule has 0 radical (unpaired) electrons. The van der Waals surface area contributed by atoms with E-state index in [0.29, 0.717) is 22.5 Å². The molecule has 0 aliphatic carbocycles. The van der Waals surface area contributed by atoms with E-state index in [1.54, 1.807) is 42.5 Å². The van der Waals surface area contributed by atoms with Crippen LogP contribution >= 0.6 is 19.2 Å². The standard InChI is InChI=1S/C16H15ClN3O4P/c17-8-9-24-16(22)20-25(23)18-13-7-6-12(10-14(13)19-25)15(21)11-4-2-1-3-5-11/h1-7,10H,8-9H2,(H3,18,19,20,22,23). The summed E-state index contributed by atoms with van der Waals surface area (Å²) in [6.45, 7) is 0.00998. The number of fused-ring (bicyclic) bond motifs is 1. The van der Waals surface area contributed by atoms with E-state index in [-0.39, 0.29) is 18.3 Å². The van der Waals surface area contributed by atoms with Crippen LogP contribution in [0.1, 0.15) is 15.9 Å². The summed E-state index contributed by atoms with van der Waals surface area (Å²) in [6.07, 6.45) is -0.850. The lowest BCUT2D eigenvalue weighted by Gasteiger charge is -2.14. The fourth-order valence-corrected chi connectivity index (χ4v) is 3.97. The first kappa shape index (κ1) is 17.3. The molecule has 130 valence electrons. The van der Waals surface area contributed by atoms with Crippen LogP contribution in [0.2, 0.25) is 0 Å². The normalized spacial score (nSPS) is 17.8. The van der Waals surface area contributed by atoms with Crippen molar-refractivity contribution < 1.29 is 18.9 Å². The van der Waals surface area contributed by atoms with Gasteiger partial charge >= 0.3 is 13.7 Å². The Labute approximate surface area is 149 Å². The van der Waals surface area contributed by atoms with Gasteiger partial charge in [-0.25, -0.2) is 9.88 Å². The van der Waals surface area contributed by atoms with Gasteiger partial charge in [-0.3, -0.25) is 9.36 Å². The third-order valence-corrected chi connectivity index (χ3v) is 5.20. The number of ketones is 1. The van der Waals surface area contributed by atoms with Gasteiger partial charge in [0.25, 0.3) is 0 Å². The zero-order chi connectivity index (χ0) is 17.9. The molecule has 3 N–H and O–H groups in total. The molecule has 0 saturated heterocycles. The molecule has 1 aliphatic heterocycles. The SMILES string of the molecule is O=C(NP1(=O)Nc2ccc(C(=O)c3ccccc3)cc2N1)OCCCl. The van der Waals surface area contributed by atoms with Crippen molar-refractivity contribution in [3.63, 3.8) is 0 Å². The van der Waals surface area contributed by atoms with Gasteiger partial charge in [-0.15, -0.1) is 11.6 Å². The highest BCUT2D eigenvalue weighted by atomic mass is 35.5. The second kappa shape index (κ2) is 7.17. The summed E-state index contributed by atoms with van der Waals surface area (Å²) in [5.41, 5.74) is 1.98. The summed E-state index contributed by atoms with van der Waals surface area (Å²) in [5, 5.41) is 7.67. The molecule has 0 fully saturated rings. The molecule has 1 aliphatic rings. The maximum Gasteiger partial charge on any atom is 0.415 e. The molecule has 3 rings (SSSR count). The smallest absolute Gasteiger partial charge is 0.415 e. The molecule has 0 aromatic heterocycles. The fourth-order valence-electron chi connectivity index (χ4n) is 2.35. The first-order valence-electron chi connectivity index (χ1n) is 7.42. The summed E-state index contributed by atoms with van der Waals surface area (Å²) < 4.78 is 17.4. The Balaban J connectivity index is 1.75. The van der Waals surface area contributed by atoms with E-state index >= 15 is 0 Å². The molecule has 2 aromatic rings. The first-order valence-corrected chi connectivity index (χ1v) is 9.66. The van der Waals surface area contributed by atoms with E-state index in [2.05, 4.69) is 15.3 Å². The second-order valence-corrected chi connectivity index (χ2v) is 7.49. The van der Waals surface area contributed by atoms with Crippen LogP contribution in [0.25, 0.3) is 0 Å². The second-order valence-electron chi connectivity index (χ2n) is 5.23. The molecular weight excluding hydrogens is 365 g/mol. The Kier molecular flexibility index (Phi) is 4.97. The molecule has 0 spiro atoms. The van der Waals surface area contributed by atoms with Crippen LogP contribution in [0.3, 0.4) is 0 Å². The first-order chi connectivity index (χ1) is 12.0. The number of amides is 1. The number of halogens is 1. The van der Waals surface area contributed by atoms with Crippen molar-refractivity contribution in [3.8, 4) is 0 Å². The van der Waals surface area contributed by atoms with E-state index in [0.717, 1.165) is 0 Å². The van der Waals surface area contributed by atoms with Crippen LogP contribution in [-0.2, 0) is 9.30 Å². The predicted octanol–water partition coefficient (Wildman–Crippen LogP) is 3.83. The zero-order valence-electron chi connectivity index (χ0n) is 13.0. The van der Waals surface area contributed by atoms with Gasteiger partial charge in [-0.2, -0.15) is 0 Å². The van der Waals surface area contributed by atoms with Gasteiger partial charge in [-0.1, -0.05) is 30.3 Å². The third kappa shape index (κ3) is 3.95. The minimum Gasteiger partial charge on any atom is -0.448 e. The van der Waals surface area contributed by atoms with Crippen LogP contribution in [0.5, 0.6) is 0 Å². The maximum atomic E-state index is 12.6. The number of rotatable bonds is 5. The van der Waals surface area contributed by atoms with Crippen molar-refractivity contribution in [1.29, 1.82) is 0 Å². The highest BCUT2D eigenvalue weighted by molar-refractivity contribution is 7.66. The summed E-state index contributed by atoms with van der Waals surface area (Å²) in [4.78, 5) is 24.1. The van der Waals surface area contributed by atoms with Crippen molar-refractivity contribution in [2.45, 2.75) is 0 Å². The number of carbonyl (C=O) groups excluding carboxylic acids is 2. The molecule has 1 amide bonds. The Morgan fingerprint density at radius 1 is 1.04 bits per heavy atom. The largest absolute Gasteiger partial charge is 0.448 e. The minimum absolute atomic E-state index is 0.00998. The van der Waals surface area contributed by atoms with Gasteiger partial charge in [0.15, 0.2) is 5.78 Å². The number of hydrogen-bond acceptors (Lipinski definition) is 4. The summed E-state index contributed by atoms with van der Waals surface area (Å²) in [5.74, 6) is -0.00885. The molecule has 7 nitrogen and oxygen atoms in total. The van der Waals surface area contributed by atoms with Crippen molar-refractivity contribution in [3.05, 3.63) is 59.7 Å².